The van der Waals surface area contributed by atoms with Gasteiger partial charge in [0.2, 0.25) is 0 Å². The van der Waals surface area contributed by atoms with E-state index in [2.05, 4.69) is 5.32 Å². The summed E-state index contributed by atoms with van der Waals surface area (Å²) >= 11 is 0. The Labute approximate surface area is 843 Å². The number of alkyl carbamates (subject to hydrolysis) is 1. The third-order valence-electron chi connectivity index (χ3n) is 25.4. The Morgan fingerprint density at radius 3 is 0.571 bits per heavy atom. The third-order valence-corrected chi connectivity index (χ3v) is 33.1. The molecule has 55 heteroatoms. The van der Waals surface area contributed by atoms with Crippen molar-refractivity contribution in [3.8, 4) is 0 Å². The van der Waals surface area contributed by atoms with Gasteiger partial charge in [-0.3, -0.25) is 25.1 Å². The zero-order valence-electron chi connectivity index (χ0n) is 78.7. The van der Waals surface area contributed by atoms with Crippen LogP contribution in [0.15, 0.2) is 205 Å². The van der Waals surface area contributed by atoms with Crippen molar-refractivity contribution in [1.29, 1.82) is 0 Å². The van der Waals surface area contributed by atoms with Gasteiger partial charge in [0.25, 0.3) is 60.7 Å². The summed E-state index contributed by atoms with van der Waals surface area (Å²) in [6.45, 7) is 0.0685. The molecule has 14 bridgehead atoms. The number of nitrogens with one attached hydrogen (secondary N) is 1. The van der Waals surface area contributed by atoms with Crippen molar-refractivity contribution >= 4 is 66.8 Å². The highest BCUT2D eigenvalue weighted by Crippen LogP contribution is 2.42. The van der Waals surface area contributed by atoms with Crippen molar-refractivity contribution in [2.45, 2.75) is 292 Å². The fourth-order valence-electron chi connectivity index (χ4n) is 16.9. The first kappa shape index (κ1) is 113. The number of aryl methyl sites for hydroxylation is 6. The lowest BCUT2D eigenvalue weighted by Gasteiger charge is -2.50. The van der Waals surface area contributed by atoms with Gasteiger partial charge in [-0.05, 0) is 120 Å². The van der Waals surface area contributed by atoms with Crippen LogP contribution in [0.5, 0.6) is 0 Å². The molecule has 21 heterocycles. The van der Waals surface area contributed by atoms with Crippen LogP contribution in [0.2, 0.25) is 0 Å². The largest absolute Gasteiger partial charge is 0.445 e. The first-order chi connectivity index (χ1) is 69.4. The Kier molecular flexibility index (Phi) is 36.5. The summed E-state index contributed by atoms with van der Waals surface area (Å²) in [6, 6.07) is 37.9. The lowest BCUT2D eigenvalue weighted by molar-refractivity contribution is -0.395. The molecule has 28 rings (SSSR count). The van der Waals surface area contributed by atoms with Gasteiger partial charge in [-0.25, -0.2) is 4.79 Å². The normalized spacial score (nSPS) is 35.1. The summed E-state index contributed by atoms with van der Waals surface area (Å²) in [4.78, 5) is 10.7. The minimum Gasteiger partial charge on any atom is -0.445 e. The predicted octanol–water partition coefficient (Wildman–Crippen LogP) is -2.97. The molecule has 21 aliphatic heterocycles. The number of aliphatic hydroxyl groups excluding tert-OH is 14. The van der Waals surface area contributed by atoms with Gasteiger partial charge in [0.1, 0.15) is 178 Å². The highest BCUT2D eigenvalue weighted by atomic mass is 32.2. The van der Waals surface area contributed by atoms with Crippen LogP contribution < -0.4 is 5.32 Å². The molecule has 7 aromatic carbocycles. The Hall–Kier alpha value is -7.85. The summed E-state index contributed by atoms with van der Waals surface area (Å²) in [5.74, 6) is 0. The monoisotopic (exact) mass is 2190 g/mol. The molecule has 0 spiro atoms. The van der Waals surface area contributed by atoms with Crippen molar-refractivity contribution in [3.63, 3.8) is 0 Å². The number of rotatable bonds is 28. The van der Waals surface area contributed by atoms with Crippen molar-refractivity contribution in [2.75, 3.05) is 46.2 Å². The summed E-state index contributed by atoms with van der Waals surface area (Å²) in [5.41, 5.74) is 3.77. The molecular weight excluding hydrogens is 2080 g/mol. The van der Waals surface area contributed by atoms with Crippen molar-refractivity contribution < 1.29 is 223 Å². The first-order valence-electron chi connectivity index (χ1n) is 45.9. The van der Waals surface area contributed by atoms with Crippen LogP contribution in [0.4, 0.5) is 4.79 Å². The number of hydrogen-bond donors (Lipinski definition) is 15. The molecule has 147 heavy (non-hydrogen) atoms. The zero-order chi connectivity index (χ0) is 106. The highest BCUT2D eigenvalue weighted by Gasteiger charge is 2.61. The molecule has 21 aliphatic rings. The molecule has 0 unspecified atom stereocenters. The number of hydrogen-bond acceptors (Lipinski definition) is 48. The van der Waals surface area contributed by atoms with Gasteiger partial charge >= 0.3 is 6.09 Å². The Bertz CT molecular complexity index is 6020. The predicted molar refractivity (Wildman–Crippen MR) is 489 cm³/mol. The molecule has 49 nitrogen and oxygen atoms in total. The Morgan fingerprint density at radius 2 is 0.395 bits per heavy atom. The number of aliphatic hydroxyl groups is 14. The second kappa shape index (κ2) is 47.4. The molecule has 35 atom stereocenters. The first-order valence-corrected chi connectivity index (χ1v) is 54.3. The van der Waals surface area contributed by atoms with Gasteiger partial charge in [-0.2, -0.15) is 50.5 Å². The second-order valence-electron chi connectivity index (χ2n) is 36.1. The maximum absolute atomic E-state index is 14.3. The SMILES string of the molecule is Cc1ccc(S(=O)(=O)OC[C@@H]2O[C@@H]3O[C@H]4[C@H](O)[C@@H](O)[C@@H](O[C@H]5[C@@H](O)[C@H](O)[C@@H](O[C@H]6[C@H](O)[C@H](O)[C@@H](O[C@H]7[C@H](O)[C@@H](O)[C@@H](O[C@H]8[C@H](O)[C@@H](O)[C@@H](O[C@H]9[C@H](O)[C@@H](O)[C@@H](O[C@H]2[C@H](O)[C@H]3O)O[C@H]9COS(=O)(=O)c2ccc(C)cc2)O[C@H]8COS(=O)(=O)c2ccc(C)cc2)O[C@@H]7COS(=O)(=O)c2ccc(C)cc2)O[C@@H]6COS(=O)(=O)c2ccc(C)cc2)O[C@@H]5COS(=O)(=O)c2ccc(C)cc2)O[C@H]4CNC(=O)OCc2ccccc2)cc1. The Balaban J connectivity index is 0.846. The van der Waals surface area contributed by atoms with E-state index >= 15 is 0 Å². The van der Waals surface area contributed by atoms with Crippen molar-refractivity contribution in [1.82, 2.24) is 5.32 Å². The highest BCUT2D eigenvalue weighted by molar-refractivity contribution is 7.88. The van der Waals surface area contributed by atoms with E-state index in [9.17, 15) is 127 Å². The molecule has 0 saturated carbocycles. The van der Waals surface area contributed by atoms with Gasteiger partial charge in [-0.15, -0.1) is 0 Å². The topological polar surface area (TPSA) is 711 Å². The smallest absolute Gasteiger partial charge is 0.407 e. The molecular formula is C92H113NO48S6. The second-order valence-corrected chi connectivity index (χ2v) is 45.8. The molecule has 0 radical (unpaired) electrons. The van der Waals surface area contributed by atoms with Crippen LogP contribution >= 0.6 is 0 Å². The van der Waals surface area contributed by atoms with Gasteiger partial charge < -0.3 is 148 Å². The van der Waals surface area contributed by atoms with E-state index in [0.29, 0.717) is 38.9 Å². The van der Waals surface area contributed by atoms with E-state index in [1.54, 1.807) is 71.9 Å². The number of amides is 1. The van der Waals surface area contributed by atoms with Crippen LogP contribution in [-0.4, -0.2) is 389 Å². The standard InChI is InChI=1S/C92H113NO48S6/c1-44-12-24-51(25-13-44)142(109,110)122-38-58-79-66(96)73(103)87(130-58)138-81-60(40-124-144(113,114)53-28-16-46(3)17-29-53)132-89(75(105)68(81)98)140-83-62(42-126-146(117,118)55-32-20-48(5)21-33-55)134-91(77(107)70(83)100)141-84-63(43-127-147(119,120)56-34-22-49(6)23-35-56)133-90(76(106)69(84)99)139-82-61(41-125-145(115,116)54-30-18-47(4)19-31-54)131-88(74(104)67(82)97)137-80-59(39-123-143(111,112)52-26-14-45(2)15-27-52)129-86(72(102)65(80)95)135-78-57(128-85(136-79)71(101)64(78)94)36-93-92(108)121-37-50-10-8-7-9-11-50/h7-35,57-91,94-107H,36-43H2,1-6H3,(H,93,108)/t57-,58+,59-,60+,61-,62+,63-,64+,65+,66-,67+,68+,69+,70+,71+,72+,73-,74+,75-,76+,77+,78+,79+,80+,81+,82+,83+,84+,85+,86+,87+,88+,89+,90+,91+/m0/s1. The lowest BCUT2D eigenvalue weighted by atomic mass is 9.95. The zero-order valence-corrected chi connectivity index (χ0v) is 83.6. The number of carbonyl (C=O) groups excluding carboxylic acids is 1. The Morgan fingerprint density at radius 1 is 0.231 bits per heavy atom. The molecule has 7 aromatic rings. The van der Waals surface area contributed by atoms with Crippen molar-refractivity contribution in [3.05, 3.63) is 215 Å². The van der Waals surface area contributed by atoms with Gasteiger partial charge in [-0.1, -0.05) is 137 Å². The number of carbonyl (C=O) groups is 1. The molecule has 810 valence electrons. The summed E-state index contributed by atoms with van der Waals surface area (Å²) in [5, 5.41) is 178. The van der Waals surface area contributed by atoms with Crippen LogP contribution in [0.3, 0.4) is 0 Å². The van der Waals surface area contributed by atoms with E-state index in [4.69, 9.17) is 96.2 Å². The quantitative estimate of drug-likeness (QED) is 0.0218. The summed E-state index contributed by atoms with van der Waals surface area (Å²) in [6.07, 6.45) is -88.9. The average molecular weight is 2190 g/mol. The van der Waals surface area contributed by atoms with E-state index in [1.165, 1.54) is 72.8 Å². The van der Waals surface area contributed by atoms with E-state index in [-0.39, 0.29) is 0 Å². The maximum atomic E-state index is 14.3. The number of ether oxygens (including phenoxy) is 15. The molecule has 1 amide bonds. The minimum atomic E-state index is -5.02. The minimum absolute atomic E-state index is 0.400. The van der Waals surface area contributed by atoms with Crippen molar-refractivity contribution in [2.24, 2.45) is 0 Å². The lowest BCUT2D eigenvalue weighted by Crippen LogP contribution is -2.68. The molecule has 0 aromatic heterocycles. The fraction of sp³-hybridized carbons (Fsp3) is 0.533. The fourth-order valence-corrected chi connectivity index (χ4v) is 22.4. The molecule has 21 fully saturated rings. The van der Waals surface area contributed by atoms with E-state index in [1.807, 2.05) is 0 Å². The van der Waals surface area contributed by atoms with Crippen LogP contribution in [0.1, 0.15) is 38.9 Å². The summed E-state index contributed by atoms with van der Waals surface area (Å²) < 4.78 is 297. The maximum Gasteiger partial charge on any atom is 0.407 e. The third kappa shape index (κ3) is 26.6. The summed E-state index contributed by atoms with van der Waals surface area (Å²) in [7, 11) is -30.1. The van der Waals surface area contributed by atoms with Gasteiger partial charge in [0, 0.05) is 6.54 Å². The van der Waals surface area contributed by atoms with E-state index < -0.39 is 364 Å². The van der Waals surface area contributed by atoms with Crippen LogP contribution in [0.25, 0.3) is 0 Å². The van der Waals surface area contributed by atoms with Crippen LogP contribution in [-0.2, 0) is 163 Å². The number of benzene rings is 7. The van der Waals surface area contributed by atoms with E-state index in [0.717, 1.165) is 72.8 Å². The van der Waals surface area contributed by atoms with Gasteiger partial charge in [0.15, 0.2) is 44.0 Å². The van der Waals surface area contributed by atoms with Gasteiger partial charge in [0.05, 0.1) is 69.0 Å². The molecule has 15 N–H and O–H groups in total. The molecule has 0 aliphatic carbocycles. The van der Waals surface area contributed by atoms with Crippen LogP contribution in [0, 0.1) is 41.5 Å². The molecule has 21 saturated heterocycles. The average Bonchev–Trinajstić information content (AvgIpc) is 1.08.